The van der Waals surface area contributed by atoms with Crippen LogP contribution < -0.4 is 5.32 Å². The van der Waals surface area contributed by atoms with E-state index < -0.39 is 15.9 Å². The fourth-order valence-corrected chi connectivity index (χ4v) is 3.37. The highest BCUT2D eigenvalue weighted by atomic mass is 79.9. The summed E-state index contributed by atoms with van der Waals surface area (Å²) in [6.45, 7) is -0.260. The van der Waals surface area contributed by atoms with Crippen LogP contribution in [0, 0.1) is 0 Å². The number of amides is 1. The number of sulfonamides is 1. The maximum Gasteiger partial charge on any atom is 0.243 e. The summed E-state index contributed by atoms with van der Waals surface area (Å²) in [5.41, 5.74) is 0.602. The van der Waals surface area contributed by atoms with Gasteiger partial charge >= 0.3 is 0 Å². The number of benzene rings is 2. The van der Waals surface area contributed by atoms with Crippen LogP contribution in [0.3, 0.4) is 0 Å². The summed E-state index contributed by atoms with van der Waals surface area (Å²) in [4.78, 5) is 12.1. The summed E-state index contributed by atoms with van der Waals surface area (Å²) < 4.78 is 26.5. The predicted octanol–water partition coefficient (Wildman–Crippen LogP) is 2.71. The van der Waals surface area contributed by atoms with Crippen molar-refractivity contribution in [2.75, 3.05) is 18.9 Å². The number of halogens is 1. The van der Waals surface area contributed by atoms with Crippen molar-refractivity contribution in [1.82, 2.24) is 4.31 Å². The minimum absolute atomic E-state index is 0.160. The van der Waals surface area contributed by atoms with Crippen LogP contribution >= 0.6 is 15.9 Å². The molecule has 0 aliphatic carbocycles. The first-order valence-corrected chi connectivity index (χ1v) is 8.70. The standard InChI is InChI=1S/C15H15BrN2O3S/c1-18(22(20,21)14-8-3-2-4-9-14)11-15(19)17-13-7-5-6-12(16)10-13/h2-10H,11H2,1H3,(H,17,19). The molecule has 0 aromatic heterocycles. The highest BCUT2D eigenvalue weighted by Crippen LogP contribution is 2.16. The van der Waals surface area contributed by atoms with Crippen molar-refractivity contribution in [1.29, 1.82) is 0 Å². The second-order valence-corrected chi connectivity index (χ2v) is 7.59. The average Bonchev–Trinajstić information content (AvgIpc) is 2.48. The van der Waals surface area contributed by atoms with E-state index in [2.05, 4.69) is 21.2 Å². The number of likely N-dealkylation sites (N-methyl/N-ethyl adjacent to an activating group) is 1. The molecule has 0 saturated heterocycles. The zero-order valence-electron chi connectivity index (χ0n) is 11.9. The lowest BCUT2D eigenvalue weighted by atomic mass is 10.3. The monoisotopic (exact) mass is 382 g/mol. The highest BCUT2D eigenvalue weighted by molar-refractivity contribution is 9.10. The summed E-state index contributed by atoms with van der Waals surface area (Å²) in [6, 6.07) is 15.1. The Kier molecular flexibility index (Phi) is 5.33. The van der Waals surface area contributed by atoms with Gasteiger partial charge in [-0.15, -0.1) is 0 Å². The summed E-state index contributed by atoms with van der Waals surface area (Å²) in [7, 11) is -2.29. The van der Waals surface area contributed by atoms with Crippen molar-refractivity contribution < 1.29 is 13.2 Å². The lowest BCUT2D eigenvalue weighted by Gasteiger charge is -2.16. The van der Waals surface area contributed by atoms with E-state index in [4.69, 9.17) is 0 Å². The topological polar surface area (TPSA) is 66.5 Å². The van der Waals surface area contributed by atoms with E-state index in [9.17, 15) is 13.2 Å². The zero-order valence-corrected chi connectivity index (χ0v) is 14.3. The van der Waals surface area contributed by atoms with Crippen LogP contribution in [-0.4, -0.2) is 32.2 Å². The van der Waals surface area contributed by atoms with E-state index in [-0.39, 0.29) is 11.4 Å². The van der Waals surface area contributed by atoms with Crippen molar-refractivity contribution in [3.05, 3.63) is 59.1 Å². The normalized spacial score (nSPS) is 11.4. The maximum absolute atomic E-state index is 12.3. The largest absolute Gasteiger partial charge is 0.325 e. The third kappa shape index (κ3) is 4.16. The van der Waals surface area contributed by atoms with Gasteiger partial charge < -0.3 is 5.32 Å². The molecule has 1 amide bonds. The quantitative estimate of drug-likeness (QED) is 0.864. The van der Waals surface area contributed by atoms with E-state index in [0.29, 0.717) is 5.69 Å². The first-order chi connectivity index (χ1) is 10.4. The molecule has 2 aromatic carbocycles. The van der Waals surface area contributed by atoms with Crippen molar-refractivity contribution in [3.8, 4) is 0 Å². The van der Waals surface area contributed by atoms with Crippen molar-refractivity contribution >= 4 is 37.5 Å². The molecule has 0 radical (unpaired) electrons. The predicted molar refractivity (Wildman–Crippen MR) is 89.0 cm³/mol. The molecule has 0 unspecified atom stereocenters. The Hall–Kier alpha value is -1.70. The molecule has 1 N–H and O–H groups in total. The molecular formula is C15H15BrN2O3S. The van der Waals surface area contributed by atoms with Crippen LogP contribution in [-0.2, 0) is 14.8 Å². The van der Waals surface area contributed by atoms with E-state index in [1.165, 1.54) is 19.2 Å². The lowest BCUT2D eigenvalue weighted by molar-refractivity contribution is -0.116. The van der Waals surface area contributed by atoms with Gasteiger partial charge in [0, 0.05) is 17.2 Å². The third-order valence-electron chi connectivity index (χ3n) is 2.93. The first kappa shape index (κ1) is 16.7. The number of carbonyl (C=O) groups excluding carboxylic acids is 1. The molecule has 5 nitrogen and oxygen atoms in total. The Bertz CT molecular complexity index is 763. The van der Waals surface area contributed by atoms with Gasteiger partial charge in [-0.1, -0.05) is 40.2 Å². The van der Waals surface area contributed by atoms with Crippen molar-refractivity contribution in [3.63, 3.8) is 0 Å². The van der Waals surface area contributed by atoms with E-state index >= 15 is 0 Å². The minimum Gasteiger partial charge on any atom is -0.325 e. The van der Waals surface area contributed by atoms with E-state index in [0.717, 1.165) is 8.78 Å². The molecule has 0 fully saturated rings. The van der Waals surface area contributed by atoms with Gasteiger partial charge in [0.2, 0.25) is 15.9 Å². The number of hydrogen-bond acceptors (Lipinski definition) is 3. The molecule has 2 rings (SSSR count). The SMILES string of the molecule is CN(CC(=O)Nc1cccc(Br)c1)S(=O)(=O)c1ccccc1. The van der Waals surface area contributed by atoms with Gasteiger partial charge in [0.25, 0.3) is 0 Å². The van der Waals surface area contributed by atoms with Crippen LogP contribution in [0.25, 0.3) is 0 Å². The Labute approximate surface area is 138 Å². The molecule has 22 heavy (non-hydrogen) atoms. The molecule has 0 aliphatic rings. The number of nitrogens with zero attached hydrogens (tertiary/aromatic N) is 1. The van der Waals surface area contributed by atoms with Gasteiger partial charge in [-0.3, -0.25) is 4.79 Å². The van der Waals surface area contributed by atoms with Crippen LogP contribution in [0.15, 0.2) is 64.0 Å². The van der Waals surface area contributed by atoms with E-state index in [1.807, 2.05) is 6.07 Å². The number of carbonyl (C=O) groups is 1. The molecule has 0 spiro atoms. The fourth-order valence-electron chi connectivity index (χ4n) is 1.83. The second-order valence-electron chi connectivity index (χ2n) is 4.63. The van der Waals surface area contributed by atoms with Gasteiger partial charge in [0.05, 0.1) is 11.4 Å². The lowest BCUT2D eigenvalue weighted by Crippen LogP contribution is -2.34. The summed E-state index contributed by atoms with van der Waals surface area (Å²) >= 11 is 3.31. The number of rotatable bonds is 5. The number of hydrogen-bond donors (Lipinski definition) is 1. The average molecular weight is 383 g/mol. The van der Waals surface area contributed by atoms with Crippen LogP contribution in [0.5, 0.6) is 0 Å². The van der Waals surface area contributed by atoms with Gasteiger partial charge in [0.1, 0.15) is 0 Å². The maximum atomic E-state index is 12.3. The first-order valence-electron chi connectivity index (χ1n) is 6.46. The molecule has 0 aliphatic heterocycles. The highest BCUT2D eigenvalue weighted by Gasteiger charge is 2.22. The molecule has 7 heteroatoms. The molecule has 0 heterocycles. The Balaban J connectivity index is 2.05. The van der Waals surface area contributed by atoms with Crippen LogP contribution in [0.4, 0.5) is 5.69 Å². The Morgan fingerprint density at radius 1 is 1.14 bits per heavy atom. The summed E-state index contributed by atoms with van der Waals surface area (Å²) in [6.07, 6.45) is 0. The van der Waals surface area contributed by atoms with Gasteiger partial charge in [-0.25, -0.2) is 8.42 Å². The minimum atomic E-state index is -3.67. The molecule has 0 saturated carbocycles. The van der Waals surface area contributed by atoms with Crippen molar-refractivity contribution in [2.24, 2.45) is 0 Å². The fraction of sp³-hybridized carbons (Fsp3) is 0.133. The number of anilines is 1. The zero-order chi connectivity index (χ0) is 16.2. The van der Waals surface area contributed by atoms with Crippen LogP contribution in [0.2, 0.25) is 0 Å². The van der Waals surface area contributed by atoms with Gasteiger partial charge in [0.15, 0.2) is 0 Å². The van der Waals surface area contributed by atoms with Crippen LogP contribution in [0.1, 0.15) is 0 Å². The summed E-state index contributed by atoms with van der Waals surface area (Å²) in [5, 5.41) is 2.66. The van der Waals surface area contributed by atoms with Gasteiger partial charge in [-0.2, -0.15) is 4.31 Å². The third-order valence-corrected chi connectivity index (χ3v) is 5.24. The molecule has 2 aromatic rings. The second kappa shape index (κ2) is 7.04. The van der Waals surface area contributed by atoms with E-state index in [1.54, 1.807) is 36.4 Å². The van der Waals surface area contributed by atoms with Gasteiger partial charge in [-0.05, 0) is 30.3 Å². The number of nitrogens with one attached hydrogen (secondary N) is 1. The smallest absolute Gasteiger partial charge is 0.243 e. The molecule has 0 bridgehead atoms. The van der Waals surface area contributed by atoms with Crippen molar-refractivity contribution in [2.45, 2.75) is 4.90 Å². The molecule has 0 atom stereocenters. The molecule has 116 valence electrons. The summed E-state index contributed by atoms with van der Waals surface area (Å²) in [5.74, 6) is -0.403. The Morgan fingerprint density at radius 3 is 2.45 bits per heavy atom. The molecular weight excluding hydrogens is 368 g/mol. The Morgan fingerprint density at radius 2 is 1.82 bits per heavy atom.